The molecule has 3 aromatic rings. The Morgan fingerprint density at radius 3 is 2.64 bits per heavy atom. The predicted molar refractivity (Wildman–Crippen MR) is 89.9 cm³/mol. The summed E-state index contributed by atoms with van der Waals surface area (Å²) in [7, 11) is 0. The van der Waals surface area contributed by atoms with Gasteiger partial charge in [-0.25, -0.2) is 4.39 Å². The zero-order chi connectivity index (χ0) is 18.0. The second-order valence-electron chi connectivity index (χ2n) is 5.35. The number of nitrogens with zero attached hydrogens (tertiary/aromatic N) is 1. The number of aryl methyl sites for hydroxylation is 1. The maximum Gasteiger partial charge on any atom is 0.291 e. The molecule has 0 fully saturated rings. The average molecular weight is 340 g/mol. The van der Waals surface area contributed by atoms with Crippen molar-refractivity contribution in [3.63, 3.8) is 0 Å². The van der Waals surface area contributed by atoms with Gasteiger partial charge in [-0.3, -0.25) is 14.9 Å². The molecule has 0 saturated heterocycles. The molecule has 7 heteroatoms. The minimum Gasteiger partial charge on any atom is -0.451 e. The number of carbonyl (C=O) groups excluding carboxylic acids is 1. The predicted octanol–water partition coefficient (Wildman–Crippen LogP) is 4.55. The number of non-ortho nitro benzene ring substituents is 1. The number of nitrogens with one attached hydrogen (secondary N) is 1. The Morgan fingerprint density at radius 1 is 1.16 bits per heavy atom. The molecular weight excluding hydrogens is 327 g/mol. The van der Waals surface area contributed by atoms with Gasteiger partial charge in [0.15, 0.2) is 5.76 Å². The van der Waals surface area contributed by atoms with E-state index in [0.717, 1.165) is 0 Å². The third-order valence-electron chi connectivity index (χ3n) is 3.65. The number of hydrogen-bond donors (Lipinski definition) is 1. The Labute approximate surface area is 142 Å². The van der Waals surface area contributed by atoms with Gasteiger partial charge in [-0.15, -0.1) is 0 Å². The molecule has 1 aromatic heterocycles. The van der Waals surface area contributed by atoms with Crippen LogP contribution in [-0.2, 0) is 0 Å². The van der Waals surface area contributed by atoms with E-state index in [1.807, 2.05) is 0 Å². The van der Waals surface area contributed by atoms with Gasteiger partial charge in [-0.2, -0.15) is 0 Å². The average Bonchev–Trinajstić information content (AvgIpc) is 3.07. The summed E-state index contributed by atoms with van der Waals surface area (Å²) < 4.78 is 19.2. The first kappa shape index (κ1) is 16.4. The van der Waals surface area contributed by atoms with E-state index in [4.69, 9.17) is 4.42 Å². The largest absolute Gasteiger partial charge is 0.451 e. The summed E-state index contributed by atoms with van der Waals surface area (Å²) in [5.74, 6) is -0.840. The van der Waals surface area contributed by atoms with Crippen LogP contribution in [0.2, 0.25) is 0 Å². The molecule has 0 radical (unpaired) electrons. The first-order valence-corrected chi connectivity index (χ1v) is 7.37. The minimum atomic E-state index is -0.578. The fourth-order valence-corrected chi connectivity index (χ4v) is 2.31. The highest BCUT2D eigenvalue weighted by molar-refractivity contribution is 6.03. The second-order valence-corrected chi connectivity index (χ2v) is 5.35. The summed E-state index contributed by atoms with van der Waals surface area (Å²) >= 11 is 0. The van der Waals surface area contributed by atoms with Gasteiger partial charge in [0, 0.05) is 12.1 Å². The molecule has 2 aromatic carbocycles. The van der Waals surface area contributed by atoms with Gasteiger partial charge in [-0.05, 0) is 36.8 Å². The molecule has 0 saturated carbocycles. The SMILES string of the molecule is Cc1ccc([N+](=O)[O-])cc1NC(=O)c1ccc(-c2ccccc2F)o1. The number of carbonyl (C=O) groups is 1. The molecule has 0 bridgehead atoms. The first-order chi connectivity index (χ1) is 12.0. The van der Waals surface area contributed by atoms with E-state index in [2.05, 4.69) is 5.32 Å². The van der Waals surface area contributed by atoms with E-state index in [-0.39, 0.29) is 22.8 Å². The molecule has 0 unspecified atom stereocenters. The van der Waals surface area contributed by atoms with Gasteiger partial charge in [0.05, 0.1) is 16.2 Å². The first-order valence-electron chi connectivity index (χ1n) is 7.37. The fourth-order valence-electron chi connectivity index (χ4n) is 2.31. The smallest absolute Gasteiger partial charge is 0.291 e. The molecular formula is C18H13FN2O4. The Hall–Kier alpha value is -3.48. The van der Waals surface area contributed by atoms with Crippen LogP contribution < -0.4 is 5.32 Å². The van der Waals surface area contributed by atoms with E-state index < -0.39 is 16.6 Å². The van der Waals surface area contributed by atoms with Crippen molar-refractivity contribution < 1.29 is 18.5 Å². The van der Waals surface area contributed by atoms with E-state index in [9.17, 15) is 19.3 Å². The molecule has 0 aliphatic heterocycles. The molecule has 6 nitrogen and oxygen atoms in total. The number of nitro benzene ring substituents is 1. The van der Waals surface area contributed by atoms with Crippen LogP contribution in [0.3, 0.4) is 0 Å². The van der Waals surface area contributed by atoms with Crippen LogP contribution in [-0.4, -0.2) is 10.8 Å². The Kier molecular flexibility index (Phi) is 4.30. The van der Waals surface area contributed by atoms with Crippen LogP contribution in [0.1, 0.15) is 16.1 Å². The maximum absolute atomic E-state index is 13.8. The van der Waals surface area contributed by atoms with Crippen molar-refractivity contribution in [1.82, 2.24) is 0 Å². The number of halogens is 1. The van der Waals surface area contributed by atoms with Crippen LogP contribution >= 0.6 is 0 Å². The van der Waals surface area contributed by atoms with Gasteiger partial charge < -0.3 is 9.73 Å². The number of hydrogen-bond acceptors (Lipinski definition) is 4. The van der Waals surface area contributed by atoms with Crippen LogP contribution in [0.15, 0.2) is 59.0 Å². The third-order valence-corrected chi connectivity index (χ3v) is 3.65. The van der Waals surface area contributed by atoms with Crippen molar-refractivity contribution in [3.8, 4) is 11.3 Å². The topological polar surface area (TPSA) is 85.4 Å². The highest BCUT2D eigenvalue weighted by Gasteiger charge is 2.16. The summed E-state index contributed by atoms with van der Waals surface area (Å²) in [5.41, 5.74) is 1.09. The van der Waals surface area contributed by atoms with E-state index in [0.29, 0.717) is 11.3 Å². The van der Waals surface area contributed by atoms with Crippen LogP contribution in [0.5, 0.6) is 0 Å². The second kappa shape index (κ2) is 6.56. The number of furan rings is 1. The van der Waals surface area contributed by atoms with E-state index in [1.165, 1.54) is 30.3 Å². The van der Waals surface area contributed by atoms with Crippen molar-refractivity contribution >= 4 is 17.3 Å². The minimum absolute atomic E-state index is 0.0239. The lowest BCUT2D eigenvalue weighted by Gasteiger charge is -2.06. The van der Waals surface area contributed by atoms with Gasteiger partial charge in [0.25, 0.3) is 11.6 Å². The number of benzene rings is 2. The highest BCUT2D eigenvalue weighted by atomic mass is 19.1. The molecule has 0 aliphatic rings. The van der Waals surface area contributed by atoms with Gasteiger partial charge in [0.2, 0.25) is 0 Å². The molecule has 1 amide bonds. The third kappa shape index (κ3) is 3.40. The molecule has 1 N–H and O–H groups in total. The van der Waals surface area contributed by atoms with Crippen molar-refractivity contribution in [2.45, 2.75) is 6.92 Å². The van der Waals surface area contributed by atoms with Gasteiger partial charge in [-0.1, -0.05) is 18.2 Å². The number of anilines is 1. The van der Waals surface area contributed by atoms with Gasteiger partial charge in [0.1, 0.15) is 11.6 Å². The lowest BCUT2D eigenvalue weighted by atomic mass is 10.1. The standard InChI is InChI=1S/C18H13FN2O4/c1-11-6-7-12(21(23)24)10-15(11)20-18(22)17-9-8-16(25-17)13-4-2-3-5-14(13)19/h2-10H,1H3,(H,20,22). The molecule has 3 rings (SSSR count). The number of amides is 1. The lowest BCUT2D eigenvalue weighted by Crippen LogP contribution is -2.12. The summed E-state index contributed by atoms with van der Waals surface area (Å²) in [4.78, 5) is 22.6. The fraction of sp³-hybridized carbons (Fsp3) is 0.0556. The molecule has 0 atom stereocenters. The molecule has 0 aliphatic carbocycles. The zero-order valence-electron chi connectivity index (χ0n) is 13.2. The summed E-state index contributed by atoms with van der Waals surface area (Å²) in [6.45, 7) is 1.71. The van der Waals surface area contributed by atoms with Gasteiger partial charge >= 0.3 is 0 Å². The van der Waals surface area contributed by atoms with Crippen molar-refractivity contribution in [2.75, 3.05) is 5.32 Å². The van der Waals surface area contributed by atoms with Crippen molar-refractivity contribution in [2.24, 2.45) is 0 Å². The zero-order valence-corrected chi connectivity index (χ0v) is 13.2. The Balaban J connectivity index is 1.85. The molecule has 25 heavy (non-hydrogen) atoms. The van der Waals surface area contributed by atoms with E-state index >= 15 is 0 Å². The summed E-state index contributed by atoms with van der Waals surface area (Å²) in [6.07, 6.45) is 0. The normalized spacial score (nSPS) is 10.5. The maximum atomic E-state index is 13.8. The molecule has 0 spiro atoms. The van der Waals surface area contributed by atoms with Crippen LogP contribution in [0.4, 0.5) is 15.8 Å². The van der Waals surface area contributed by atoms with Crippen LogP contribution in [0, 0.1) is 22.9 Å². The summed E-state index contributed by atoms with van der Waals surface area (Å²) in [6, 6.07) is 13.1. The number of rotatable bonds is 4. The quantitative estimate of drug-likeness (QED) is 0.557. The Bertz CT molecular complexity index is 965. The monoisotopic (exact) mass is 340 g/mol. The van der Waals surface area contributed by atoms with Crippen LogP contribution in [0.25, 0.3) is 11.3 Å². The Morgan fingerprint density at radius 2 is 1.92 bits per heavy atom. The lowest BCUT2D eigenvalue weighted by molar-refractivity contribution is -0.384. The molecule has 1 heterocycles. The van der Waals surface area contributed by atoms with Crippen molar-refractivity contribution in [1.29, 1.82) is 0 Å². The van der Waals surface area contributed by atoms with E-state index in [1.54, 1.807) is 31.2 Å². The highest BCUT2D eigenvalue weighted by Crippen LogP contribution is 2.26. The number of nitro groups is 1. The van der Waals surface area contributed by atoms with Crippen molar-refractivity contribution in [3.05, 3.63) is 81.9 Å². The molecule has 126 valence electrons. The summed E-state index contributed by atoms with van der Waals surface area (Å²) in [5, 5.41) is 13.4.